The molecule has 8 nitrogen and oxygen atoms in total. The SMILES string of the molecule is COc1cc(/C=C(/C#N)C(=O)Nc2ccc(Cl)cc2)cc(Cl)c1OCc1cccc([N+](=O)[O-])c1. The summed E-state index contributed by atoms with van der Waals surface area (Å²) < 4.78 is 11.1. The van der Waals surface area contributed by atoms with E-state index in [9.17, 15) is 20.2 Å². The van der Waals surface area contributed by atoms with Crippen LogP contribution in [0.4, 0.5) is 11.4 Å². The number of halogens is 2. The normalized spacial score (nSPS) is 10.8. The van der Waals surface area contributed by atoms with Crippen LogP contribution in [0.2, 0.25) is 10.0 Å². The zero-order valence-electron chi connectivity index (χ0n) is 17.7. The largest absolute Gasteiger partial charge is 0.493 e. The van der Waals surface area contributed by atoms with E-state index < -0.39 is 10.8 Å². The molecule has 10 heteroatoms. The standard InChI is InChI=1S/C24H17Cl2N3O5/c1-33-22-12-16(9-17(13-27)24(30)28-19-7-5-18(25)6-8-19)11-21(26)23(22)34-14-15-3-2-4-20(10-15)29(31)32/h2-12H,14H2,1H3,(H,28,30)/b17-9-. The third-order valence-electron chi connectivity index (χ3n) is 4.53. The fourth-order valence-electron chi connectivity index (χ4n) is 2.93. The number of methoxy groups -OCH3 is 1. The van der Waals surface area contributed by atoms with Crippen LogP contribution in [0.3, 0.4) is 0 Å². The van der Waals surface area contributed by atoms with E-state index in [2.05, 4.69) is 5.32 Å². The molecular formula is C24H17Cl2N3O5. The van der Waals surface area contributed by atoms with Crippen LogP contribution in [-0.2, 0) is 11.4 Å². The van der Waals surface area contributed by atoms with Crippen LogP contribution in [0.25, 0.3) is 6.08 Å². The van der Waals surface area contributed by atoms with Gasteiger partial charge in [0.05, 0.1) is 17.1 Å². The maximum atomic E-state index is 12.5. The molecule has 0 saturated carbocycles. The summed E-state index contributed by atoms with van der Waals surface area (Å²) in [6, 6.07) is 17.4. The molecule has 0 aromatic heterocycles. The predicted octanol–water partition coefficient (Wildman–Crippen LogP) is 6.03. The Bertz CT molecular complexity index is 1300. The molecule has 172 valence electrons. The van der Waals surface area contributed by atoms with Crippen LogP contribution in [-0.4, -0.2) is 17.9 Å². The van der Waals surface area contributed by atoms with Crippen molar-refractivity contribution in [2.24, 2.45) is 0 Å². The van der Waals surface area contributed by atoms with Gasteiger partial charge in [0, 0.05) is 22.8 Å². The predicted molar refractivity (Wildman–Crippen MR) is 129 cm³/mol. The number of ether oxygens (including phenoxy) is 2. The van der Waals surface area contributed by atoms with Crippen LogP contribution in [0.5, 0.6) is 11.5 Å². The maximum absolute atomic E-state index is 12.5. The second kappa shape index (κ2) is 11.2. The van der Waals surface area contributed by atoms with E-state index >= 15 is 0 Å². The Labute approximate surface area is 205 Å². The highest BCUT2D eigenvalue weighted by atomic mass is 35.5. The lowest BCUT2D eigenvalue weighted by Gasteiger charge is -2.13. The molecule has 3 aromatic rings. The molecule has 0 unspecified atom stereocenters. The van der Waals surface area contributed by atoms with Gasteiger partial charge < -0.3 is 14.8 Å². The fraction of sp³-hybridized carbons (Fsp3) is 0.0833. The molecule has 0 bridgehead atoms. The highest BCUT2D eigenvalue weighted by molar-refractivity contribution is 6.32. The number of carbonyl (C=O) groups excluding carboxylic acids is 1. The topological polar surface area (TPSA) is 114 Å². The Morgan fingerprint density at radius 3 is 2.56 bits per heavy atom. The third-order valence-corrected chi connectivity index (χ3v) is 5.07. The van der Waals surface area contributed by atoms with Gasteiger partial charge in [-0.3, -0.25) is 14.9 Å². The van der Waals surface area contributed by atoms with Gasteiger partial charge in [0.2, 0.25) is 0 Å². The lowest BCUT2D eigenvalue weighted by molar-refractivity contribution is -0.384. The molecule has 0 fully saturated rings. The Hall–Kier alpha value is -4.06. The summed E-state index contributed by atoms with van der Waals surface area (Å²) in [5.41, 5.74) is 1.28. The number of hydrogen-bond acceptors (Lipinski definition) is 6. The minimum atomic E-state index is -0.606. The number of benzene rings is 3. The molecule has 0 heterocycles. The second-order valence-corrected chi connectivity index (χ2v) is 7.72. The van der Waals surface area contributed by atoms with Crippen molar-refractivity contribution in [3.8, 4) is 17.6 Å². The Morgan fingerprint density at radius 1 is 1.18 bits per heavy atom. The lowest BCUT2D eigenvalue weighted by Crippen LogP contribution is -2.13. The summed E-state index contributed by atoms with van der Waals surface area (Å²) in [4.78, 5) is 23.0. The number of nitrogens with zero attached hydrogens (tertiary/aromatic N) is 2. The summed E-state index contributed by atoms with van der Waals surface area (Å²) >= 11 is 12.2. The van der Waals surface area contributed by atoms with E-state index in [0.717, 1.165) is 0 Å². The Kier molecular flexibility index (Phi) is 8.09. The molecule has 3 rings (SSSR count). The first kappa shape index (κ1) is 24.6. The van der Waals surface area contributed by atoms with Crippen molar-refractivity contribution in [1.29, 1.82) is 5.26 Å². The maximum Gasteiger partial charge on any atom is 0.269 e. The first-order valence-corrected chi connectivity index (χ1v) is 10.5. The zero-order valence-corrected chi connectivity index (χ0v) is 19.3. The van der Waals surface area contributed by atoms with E-state index in [0.29, 0.717) is 21.8 Å². The highest BCUT2D eigenvalue weighted by Crippen LogP contribution is 2.37. The van der Waals surface area contributed by atoms with Crippen molar-refractivity contribution in [3.63, 3.8) is 0 Å². The molecule has 0 atom stereocenters. The lowest BCUT2D eigenvalue weighted by atomic mass is 10.1. The van der Waals surface area contributed by atoms with Gasteiger partial charge >= 0.3 is 0 Å². The van der Waals surface area contributed by atoms with E-state index in [1.54, 1.807) is 42.5 Å². The van der Waals surface area contributed by atoms with Gasteiger partial charge in [-0.25, -0.2) is 0 Å². The number of hydrogen-bond donors (Lipinski definition) is 1. The average Bonchev–Trinajstić information content (AvgIpc) is 2.83. The Balaban J connectivity index is 1.81. The molecule has 0 aliphatic rings. The summed E-state index contributed by atoms with van der Waals surface area (Å²) in [6.45, 7) is 0.0138. The number of nitrogens with one attached hydrogen (secondary N) is 1. The highest BCUT2D eigenvalue weighted by Gasteiger charge is 2.15. The van der Waals surface area contributed by atoms with Crippen molar-refractivity contribution in [2.45, 2.75) is 6.61 Å². The minimum absolute atomic E-state index is 0.0138. The molecular weight excluding hydrogens is 481 g/mol. The molecule has 0 aliphatic carbocycles. The smallest absolute Gasteiger partial charge is 0.269 e. The minimum Gasteiger partial charge on any atom is -0.493 e. The monoisotopic (exact) mass is 497 g/mol. The van der Waals surface area contributed by atoms with Crippen molar-refractivity contribution in [1.82, 2.24) is 0 Å². The van der Waals surface area contributed by atoms with Crippen LogP contribution >= 0.6 is 23.2 Å². The van der Waals surface area contributed by atoms with Crippen molar-refractivity contribution in [3.05, 3.63) is 97.5 Å². The van der Waals surface area contributed by atoms with Gasteiger partial charge in [-0.2, -0.15) is 5.26 Å². The summed E-state index contributed by atoms with van der Waals surface area (Å²) in [5.74, 6) is -0.123. The zero-order chi connectivity index (χ0) is 24.7. The van der Waals surface area contributed by atoms with Gasteiger partial charge in [-0.05, 0) is 53.6 Å². The van der Waals surface area contributed by atoms with E-state index in [4.69, 9.17) is 32.7 Å². The van der Waals surface area contributed by atoms with Gasteiger partial charge in [-0.15, -0.1) is 0 Å². The number of nitro benzene ring substituents is 1. The van der Waals surface area contributed by atoms with E-state index in [1.165, 1.54) is 31.4 Å². The number of nitriles is 1. The molecule has 34 heavy (non-hydrogen) atoms. The second-order valence-electron chi connectivity index (χ2n) is 6.88. The first-order chi connectivity index (χ1) is 16.3. The molecule has 1 N–H and O–H groups in total. The molecule has 1 amide bonds. The van der Waals surface area contributed by atoms with Crippen LogP contribution < -0.4 is 14.8 Å². The number of rotatable bonds is 8. The molecule has 0 aliphatic heterocycles. The number of anilines is 1. The molecule has 3 aromatic carbocycles. The van der Waals surface area contributed by atoms with Crippen LogP contribution in [0, 0.1) is 21.4 Å². The first-order valence-electron chi connectivity index (χ1n) is 9.73. The third kappa shape index (κ3) is 6.25. The van der Waals surface area contributed by atoms with Gasteiger partial charge in [-0.1, -0.05) is 35.3 Å². The number of amides is 1. The van der Waals surface area contributed by atoms with Gasteiger partial charge in [0.25, 0.3) is 11.6 Å². The van der Waals surface area contributed by atoms with E-state index in [1.807, 2.05) is 6.07 Å². The average molecular weight is 498 g/mol. The molecule has 0 spiro atoms. The van der Waals surface area contributed by atoms with Crippen LogP contribution in [0.1, 0.15) is 11.1 Å². The molecule has 0 radical (unpaired) electrons. The van der Waals surface area contributed by atoms with Gasteiger partial charge in [0.15, 0.2) is 11.5 Å². The summed E-state index contributed by atoms with van der Waals surface area (Å²) in [5, 5.41) is 23.7. The fourth-order valence-corrected chi connectivity index (χ4v) is 3.33. The summed E-state index contributed by atoms with van der Waals surface area (Å²) in [6.07, 6.45) is 1.37. The number of nitro groups is 1. The quantitative estimate of drug-likeness (QED) is 0.175. The van der Waals surface area contributed by atoms with Crippen LogP contribution in [0.15, 0.2) is 66.2 Å². The summed E-state index contributed by atoms with van der Waals surface area (Å²) in [7, 11) is 1.41. The number of carbonyl (C=O) groups is 1. The van der Waals surface area contributed by atoms with Gasteiger partial charge in [0.1, 0.15) is 18.2 Å². The van der Waals surface area contributed by atoms with Crippen molar-refractivity contribution >= 4 is 46.6 Å². The number of non-ortho nitro benzene ring substituents is 1. The molecule has 0 saturated heterocycles. The van der Waals surface area contributed by atoms with Crippen molar-refractivity contribution < 1.29 is 19.2 Å². The Morgan fingerprint density at radius 2 is 1.91 bits per heavy atom. The van der Waals surface area contributed by atoms with E-state index in [-0.39, 0.29) is 34.4 Å². The van der Waals surface area contributed by atoms with Crippen molar-refractivity contribution in [2.75, 3.05) is 12.4 Å².